The molecule has 0 aliphatic carbocycles. The number of hydrogen-bond donors (Lipinski definition) is 2. The van der Waals surface area contributed by atoms with E-state index in [1.807, 2.05) is 4.90 Å². The summed E-state index contributed by atoms with van der Waals surface area (Å²) in [6, 6.07) is 4.58. The molecule has 5 heteroatoms. The van der Waals surface area contributed by atoms with Gasteiger partial charge in [-0.15, -0.1) is 0 Å². The molecule has 1 atom stereocenters. The number of piperidine rings is 1. The summed E-state index contributed by atoms with van der Waals surface area (Å²) in [5, 5.41) is 9.59. The van der Waals surface area contributed by atoms with E-state index in [0.29, 0.717) is 18.0 Å². The number of nitrogens with zero attached hydrogens (tertiary/aromatic N) is 1. The molecule has 104 valence electrons. The number of benzene rings is 1. The van der Waals surface area contributed by atoms with E-state index in [4.69, 9.17) is 17.3 Å². The maximum Gasteiger partial charge on any atom is 0.253 e. The van der Waals surface area contributed by atoms with Crippen LogP contribution in [0.15, 0.2) is 18.2 Å². The van der Waals surface area contributed by atoms with Crippen molar-refractivity contribution in [3.8, 4) is 5.75 Å². The first-order valence-electron chi connectivity index (χ1n) is 6.59. The van der Waals surface area contributed by atoms with Crippen molar-refractivity contribution < 1.29 is 9.90 Å². The molecule has 4 nitrogen and oxygen atoms in total. The number of aromatic hydroxyl groups is 1. The van der Waals surface area contributed by atoms with Crippen LogP contribution < -0.4 is 5.73 Å². The molecule has 0 spiro atoms. The molecule has 0 saturated carbocycles. The Hall–Kier alpha value is -1.26. The van der Waals surface area contributed by atoms with Crippen molar-refractivity contribution in [2.75, 3.05) is 19.6 Å². The zero-order chi connectivity index (χ0) is 13.8. The number of halogens is 1. The van der Waals surface area contributed by atoms with Crippen molar-refractivity contribution in [3.05, 3.63) is 28.8 Å². The van der Waals surface area contributed by atoms with E-state index >= 15 is 0 Å². The molecule has 1 heterocycles. The topological polar surface area (TPSA) is 66.6 Å². The van der Waals surface area contributed by atoms with Gasteiger partial charge in [0, 0.05) is 18.7 Å². The third-order valence-corrected chi connectivity index (χ3v) is 3.88. The monoisotopic (exact) mass is 282 g/mol. The Morgan fingerprint density at radius 3 is 3.00 bits per heavy atom. The SMILES string of the molecule is NCCC1CCCN(C(=O)c2ccc(O)c(Cl)c2)C1. The largest absolute Gasteiger partial charge is 0.506 e. The molecule has 19 heavy (non-hydrogen) atoms. The van der Waals surface area contributed by atoms with Crippen molar-refractivity contribution in [1.29, 1.82) is 0 Å². The van der Waals surface area contributed by atoms with Crippen LogP contribution in [0.25, 0.3) is 0 Å². The second-order valence-corrected chi connectivity index (χ2v) is 5.41. The highest BCUT2D eigenvalue weighted by atomic mass is 35.5. The van der Waals surface area contributed by atoms with Gasteiger partial charge in [-0.1, -0.05) is 11.6 Å². The lowest BCUT2D eigenvalue weighted by atomic mass is 9.94. The van der Waals surface area contributed by atoms with Gasteiger partial charge in [0.25, 0.3) is 5.91 Å². The van der Waals surface area contributed by atoms with Gasteiger partial charge in [-0.2, -0.15) is 0 Å². The smallest absolute Gasteiger partial charge is 0.253 e. The van der Waals surface area contributed by atoms with Crippen LogP contribution in [0, 0.1) is 5.92 Å². The highest BCUT2D eigenvalue weighted by Crippen LogP contribution is 2.26. The Balaban J connectivity index is 2.08. The van der Waals surface area contributed by atoms with E-state index in [9.17, 15) is 9.90 Å². The Bertz CT molecular complexity index is 463. The summed E-state index contributed by atoms with van der Waals surface area (Å²) in [5.41, 5.74) is 6.10. The van der Waals surface area contributed by atoms with Crippen molar-refractivity contribution in [1.82, 2.24) is 4.90 Å². The highest BCUT2D eigenvalue weighted by Gasteiger charge is 2.24. The molecule has 3 N–H and O–H groups in total. The lowest BCUT2D eigenvalue weighted by Crippen LogP contribution is -2.40. The molecule has 0 aromatic heterocycles. The van der Waals surface area contributed by atoms with Crippen LogP contribution in [0.4, 0.5) is 0 Å². The first kappa shape index (κ1) is 14.2. The average Bonchev–Trinajstić information content (AvgIpc) is 2.42. The van der Waals surface area contributed by atoms with Gasteiger partial charge in [-0.25, -0.2) is 0 Å². The zero-order valence-electron chi connectivity index (χ0n) is 10.8. The van der Waals surface area contributed by atoms with Crippen LogP contribution in [0.1, 0.15) is 29.6 Å². The second kappa shape index (κ2) is 6.26. The fourth-order valence-corrected chi connectivity index (χ4v) is 2.72. The summed E-state index contributed by atoms with van der Waals surface area (Å²) in [6.07, 6.45) is 3.11. The number of hydrogen-bond acceptors (Lipinski definition) is 3. The quantitative estimate of drug-likeness (QED) is 0.893. The molecule has 0 radical (unpaired) electrons. The molecule has 1 aromatic rings. The Morgan fingerprint density at radius 1 is 1.53 bits per heavy atom. The number of likely N-dealkylation sites (tertiary alicyclic amines) is 1. The summed E-state index contributed by atoms with van der Waals surface area (Å²) in [6.45, 7) is 2.20. The molecule has 1 amide bonds. The molecule has 1 aliphatic heterocycles. The minimum atomic E-state index is -0.0244. The second-order valence-electron chi connectivity index (χ2n) is 5.00. The van der Waals surface area contributed by atoms with E-state index < -0.39 is 0 Å². The number of carbonyl (C=O) groups excluding carboxylic acids is 1. The third-order valence-electron chi connectivity index (χ3n) is 3.58. The molecule has 0 bridgehead atoms. The van der Waals surface area contributed by atoms with Gasteiger partial charge in [0.2, 0.25) is 0 Å². The van der Waals surface area contributed by atoms with E-state index in [2.05, 4.69) is 0 Å². The normalized spacial score (nSPS) is 19.5. The molecule has 1 aromatic carbocycles. The summed E-state index contributed by atoms with van der Waals surface area (Å²) >= 11 is 5.84. The minimum absolute atomic E-state index is 0.00197. The van der Waals surface area contributed by atoms with Gasteiger partial charge in [0.05, 0.1) is 5.02 Å². The van der Waals surface area contributed by atoms with Gasteiger partial charge in [0.15, 0.2) is 0 Å². The molecule has 1 unspecified atom stereocenters. The summed E-state index contributed by atoms with van der Waals surface area (Å²) < 4.78 is 0. The van der Waals surface area contributed by atoms with Crippen LogP contribution in [-0.2, 0) is 0 Å². The van der Waals surface area contributed by atoms with Crippen molar-refractivity contribution in [2.45, 2.75) is 19.3 Å². The number of nitrogens with two attached hydrogens (primary N) is 1. The number of phenols is 1. The standard InChI is InChI=1S/C14H19ClN2O2/c15-12-8-11(3-4-13(12)18)14(19)17-7-1-2-10(9-17)5-6-16/h3-4,8,10,18H,1-2,5-7,9,16H2. The Kier molecular flexibility index (Phi) is 4.66. The van der Waals surface area contributed by atoms with Gasteiger partial charge < -0.3 is 15.7 Å². The van der Waals surface area contributed by atoms with E-state index in [0.717, 1.165) is 32.4 Å². The maximum atomic E-state index is 12.4. The average molecular weight is 283 g/mol. The number of amides is 1. The predicted molar refractivity (Wildman–Crippen MR) is 75.4 cm³/mol. The Labute approximate surface area is 118 Å². The molecule has 1 aliphatic rings. The molecule has 2 rings (SSSR count). The molecule has 1 fully saturated rings. The van der Waals surface area contributed by atoms with Crippen LogP contribution >= 0.6 is 11.6 Å². The van der Waals surface area contributed by atoms with Gasteiger partial charge in [-0.3, -0.25) is 4.79 Å². The lowest BCUT2D eigenvalue weighted by molar-refractivity contribution is 0.0669. The maximum absolute atomic E-state index is 12.4. The predicted octanol–water partition coefficient (Wildman–Crippen LogP) is 2.25. The van der Waals surface area contributed by atoms with E-state index in [1.165, 1.54) is 12.1 Å². The lowest BCUT2D eigenvalue weighted by Gasteiger charge is -2.32. The molecule has 1 saturated heterocycles. The van der Waals surface area contributed by atoms with Gasteiger partial charge in [-0.05, 0) is 49.9 Å². The zero-order valence-corrected chi connectivity index (χ0v) is 11.6. The molecular formula is C14H19ClN2O2. The Morgan fingerprint density at radius 2 is 2.32 bits per heavy atom. The van der Waals surface area contributed by atoms with E-state index in [-0.39, 0.29) is 16.7 Å². The van der Waals surface area contributed by atoms with Crippen LogP contribution in [-0.4, -0.2) is 35.5 Å². The summed E-state index contributed by atoms with van der Waals surface area (Å²) in [5.74, 6) is 0.469. The van der Waals surface area contributed by atoms with Crippen molar-refractivity contribution >= 4 is 17.5 Å². The van der Waals surface area contributed by atoms with Gasteiger partial charge in [0.1, 0.15) is 5.75 Å². The fourth-order valence-electron chi connectivity index (χ4n) is 2.54. The van der Waals surface area contributed by atoms with Crippen LogP contribution in [0.2, 0.25) is 5.02 Å². The minimum Gasteiger partial charge on any atom is -0.506 e. The first-order valence-corrected chi connectivity index (χ1v) is 6.97. The number of phenolic OH excluding ortho intramolecular Hbond substituents is 1. The highest BCUT2D eigenvalue weighted by molar-refractivity contribution is 6.32. The number of carbonyl (C=O) groups is 1. The fraction of sp³-hybridized carbons (Fsp3) is 0.500. The molecular weight excluding hydrogens is 264 g/mol. The van der Waals surface area contributed by atoms with Gasteiger partial charge >= 0.3 is 0 Å². The van der Waals surface area contributed by atoms with E-state index in [1.54, 1.807) is 6.07 Å². The summed E-state index contributed by atoms with van der Waals surface area (Å²) in [7, 11) is 0. The third kappa shape index (κ3) is 3.39. The van der Waals surface area contributed by atoms with Crippen LogP contribution in [0.3, 0.4) is 0 Å². The number of rotatable bonds is 3. The first-order chi connectivity index (χ1) is 9.11. The van der Waals surface area contributed by atoms with Crippen molar-refractivity contribution in [2.24, 2.45) is 11.7 Å². The summed E-state index contributed by atoms with van der Waals surface area (Å²) in [4.78, 5) is 14.2. The van der Waals surface area contributed by atoms with Crippen LogP contribution in [0.5, 0.6) is 5.75 Å². The van der Waals surface area contributed by atoms with Crippen molar-refractivity contribution in [3.63, 3.8) is 0 Å².